The van der Waals surface area contributed by atoms with Gasteiger partial charge < -0.3 is 20.5 Å². The number of thiophene rings is 1. The summed E-state index contributed by atoms with van der Waals surface area (Å²) in [5, 5.41) is 14.5. The van der Waals surface area contributed by atoms with E-state index in [0.717, 1.165) is 52.3 Å². The van der Waals surface area contributed by atoms with Gasteiger partial charge in [-0.1, -0.05) is 75.9 Å². The predicted molar refractivity (Wildman–Crippen MR) is 181 cm³/mol. The molecule has 0 radical (unpaired) electrons. The van der Waals surface area contributed by atoms with Gasteiger partial charge in [-0.25, -0.2) is 9.97 Å². The van der Waals surface area contributed by atoms with Gasteiger partial charge in [-0.3, -0.25) is 14.4 Å². The molecule has 9 nitrogen and oxygen atoms in total. The smallest absolute Gasteiger partial charge is 0.325 e. The molecule has 4 rings (SSSR count). The fourth-order valence-electron chi connectivity index (χ4n) is 4.80. The maximum absolute atomic E-state index is 13.0. The van der Waals surface area contributed by atoms with Gasteiger partial charge in [0.2, 0.25) is 5.91 Å². The minimum absolute atomic E-state index is 0.175. The first-order valence-corrected chi connectivity index (χ1v) is 16.7. The summed E-state index contributed by atoms with van der Waals surface area (Å²) in [4.78, 5) is 48.0. The highest BCUT2D eigenvalue weighted by Crippen LogP contribution is 2.24. The molecule has 10 heteroatoms. The Morgan fingerprint density at radius 3 is 2.13 bits per heavy atom. The van der Waals surface area contributed by atoms with E-state index in [0.29, 0.717) is 10.7 Å². The van der Waals surface area contributed by atoms with Crippen molar-refractivity contribution >= 4 is 29.1 Å². The van der Waals surface area contributed by atoms with Gasteiger partial charge in [0.15, 0.2) is 5.82 Å². The van der Waals surface area contributed by atoms with Crippen LogP contribution in [-0.4, -0.2) is 51.5 Å². The molecule has 0 aliphatic rings. The van der Waals surface area contributed by atoms with Crippen LogP contribution in [0.25, 0.3) is 22.5 Å². The molecule has 2 heterocycles. The lowest BCUT2D eigenvalue weighted by Gasteiger charge is -2.20. The van der Waals surface area contributed by atoms with Crippen LogP contribution in [0.3, 0.4) is 0 Å². The zero-order chi connectivity index (χ0) is 32.9. The maximum atomic E-state index is 13.0. The Morgan fingerprint density at radius 2 is 1.50 bits per heavy atom. The highest BCUT2D eigenvalue weighted by Gasteiger charge is 2.25. The average Bonchev–Trinajstić information content (AvgIpc) is 3.56. The molecule has 0 spiro atoms. The van der Waals surface area contributed by atoms with Crippen molar-refractivity contribution < 1.29 is 24.2 Å². The normalized spacial score (nSPS) is 12.2. The van der Waals surface area contributed by atoms with E-state index in [2.05, 4.69) is 27.5 Å². The summed E-state index contributed by atoms with van der Waals surface area (Å²) in [5.74, 6) is -0.696. The molecular weight excluding hydrogens is 600 g/mol. The number of carbonyl (C=O) groups is 3. The Hall–Kier alpha value is -4.57. The Balaban J connectivity index is 1.38. The fourth-order valence-corrected chi connectivity index (χ4v) is 5.65. The summed E-state index contributed by atoms with van der Waals surface area (Å²) >= 11 is 1.37. The largest absolute Gasteiger partial charge is 0.494 e. The number of amides is 2. The molecule has 2 atom stereocenters. The first-order chi connectivity index (χ1) is 22.3. The number of carbonyl (C=O) groups excluding carboxylic acids is 2. The van der Waals surface area contributed by atoms with E-state index in [-0.39, 0.29) is 12.3 Å². The highest BCUT2D eigenvalue weighted by molar-refractivity contribution is 7.14. The number of nitrogens with zero attached hydrogens (tertiary/aromatic N) is 2. The second-order valence-corrected chi connectivity index (χ2v) is 12.4. The van der Waals surface area contributed by atoms with E-state index in [4.69, 9.17) is 4.74 Å². The predicted octanol–water partition coefficient (Wildman–Crippen LogP) is 6.71. The van der Waals surface area contributed by atoms with E-state index in [9.17, 15) is 19.5 Å². The third kappa shape index (κ3) is 9.97. The van der Waals surface area contributed by atoms with Crippen molar-refractivity contribution in [3.05, 3.63) is 88.4 Å². The highest BCUT2D eigenvalue weighted by atomic mass is 32.1. The third-order valence-corrected chi connectivity index (χ3v) is 8.82. The molecule has 242 valence electrons. The van der Waals surface area contributed by atoms with Crippen LogP contribution in [0.2, 0.25) is 0 Å². The van der Waals surface area contributed by atoms with Gasteiger partial charge in [0, 0.05) is 34.8 Å². The molecule has 0 aliphatic heterocycles. The first kappa shape index (κ1) is 34.3. The summed E-state index contributed by atoms with van der Waals surface area (Å²) in [6, 6.07) is 16.9. The molecule has 0 bridgehead atoms. The number of ether oxygens (including phenoxy) is 1. The minimum Gasteiger partial charge on any atom is -0.494 e. The molecule has 4 aromatic rings. The molecular formula is C36H42N4O5S. The van der Waals surface area contributed by atoms with Gasteiger partial charge >= 0.3 is 5.97 Å². The Kier molecular flexibility index (Phi) is 12.8. The van der Waals surface area contributed by atoms with Crippen LogP contribution >= 0.6 is 11.3 Å². The lowest BCUT2D eigenvalue weighted by atomic mass is 10.0. The number of carboxylic acids is 1. The molecule has 3 N–H and O–H groups in total. The molecule has 2 amide bonds. The van der Waals surface area contributed by atoms with E-state index in [1.165, 1.54) is 43.9 Å². The van der Waals surface area contributed by atoms with Gasteiger partial charge in [0.05, 0.1) is 11.5 Å². The molecule has 0 fully saturated rings. The maximum Gasteiger partial charge on any atom is 0.325 e. The monoisotopic (exact) mass is 642 g/mol. The molecule has 0 aliphatic carbocycles. The summed E-state index contributed by atoms with van der Waals surface area (Å²) in [6.07, 6.45) is 10.6. The fraction of sp³-hybridized carbons (Fsp3) is 0.361. The van der Waals surface area contributed by atoms with Crippen LogP contribution in [0.4, 0.5) is 0 Å². The van der Waals surface area contributed by atoms with Crippen molar-refractivity contribution in [2.24, 2.45) is 0 Å². The second kappa shape index (κ2) is 17.2. The minimum atomic E-state index is -1.16. The Morgan fingerprint density at radius 1 is 0.826 bits per heavy atom. The van der Waals surface area contributed by atoms with Gasteiger partial charge in [-0.2, -0.15) is 0 Å². The number of nitrogens with one attached hydrogen (secondary N) is 2. The van der Waals surface area contributed by atoms with Gasteiger partial charge in [-0.15, -0.1) is 11.3 Å². The quantitative estimate of drug-likeness (QED) is 0.109. The SMILES string of the molecule is CCCCCCCOc1ccc(-c2cnc(-c3ccc(C[C@H](NC(=O)c4ccc(CC)s4)C(=O)N[C@H](C)C(=O)O)cc3)nc2)cc1. The van der Waals surface area contributed by atoms with Crippen molar-refractivity contribution in [1.29, 1.82) is 0 Å². The molecule has 2 aromatic carbocycles. The van der Waals surface area contributed by atoms with Crippen LogP contribution in [0, 0.1) is 0 Å². The van der Waals surface area contributed by atoms with E-state index in [1.807, 2.05) is 61.5 Å². The van der Waals surface area contributed by atoms with E-state index >= 15 is 0 Å². The Labute approximate surface area is 274 Å². The summed E-state index contributed by atoms with van der Waals surface area (Å²) < 4.78 is 5.87. The number of benzene rings is 2. The molecule has 2 aromatic heterocycles. The van der Waals surface area contributed by atoms with Gasteiger partial charge in [-0.05, 0) is 55.2 Å². The average molecular weight is 643 g/mol. The van der Waals surface area contributed by atoms with Crippen molar-refractivity contribution in [2.45, 2.75) is 77.8 Å². The van der Waals surface area contributed by atoms with Crippen LogP contribution in [0.5, 0.6) is 5.75 Å². The summed E-state index contributed by atoms with van der Waals surface area (Å²) in [7, 11) is 0. The van der Waals surface area contributed by atoms with Crippen molar-refractivity contribution in [1.82, 2.24) is 20.6 Å². The number of hydrogen-bond acceptors (Lipinski definition) is 7. The number of unbranched alkanes of at least 4 members (excludes halogenated alkanes) is 4. The molecule has 0 saturated carbocycles. The van der Waals surface area contributed by atoms with Crippen molar-refractivity contribution in [3.63, 3.8) is 0 Å². The lowest BCUT2D eigenvalue weighted by Crippen LogP contribution is -2.51. The number of carboxylic acid groups (broad SMARTS) is 1. The summed E-state index contributed by atoms with van der Waals surface area (Å²) in [6.45, 7) is 6.32. The second-order valence-electron chi connectivity index (χ2n) is 11.2. The van der Waals surface area contributed by atoms with Crippen LogP contribution in [0.15, 0.2) is 73.1 Å². The Bertz CT molecular complexity index is 1570. The molecule has 46 heavy (non-hydrogen) atoms. The van der Waals surface area contributed by atoms with Gasteiger partial charge in [0.1, 0.15) is 17.8 Å². The standard InChI is InChI=1S/C36H42N4O5S/c1-4-6-7-8-9-20-45-29-16-14-26(15-17-29)28-22-37-33(38-23-28)27-12-10-25(11-13-27)21-31(34(41)39-24(3)36(43)44)40-35(42)32-19-18-30(5-2)46-32/h10-19,22-24,31H,4-9,20-21H2,1-3H3,(H,39,41)(H,40,42)(H,43,44)/t24-,31+/m1/s1. The molecule has 0 unspecified atom stereocenters. The number of aromatic nitrogens is 2. The van der Waals surface area contributed by atoms with E-state index in [1.54, 1.807) is 18.5 Å². The third-order valence-electron chi connectivity index (χ3n) is 7.59. The number of hydrogen-bond donors (Lipinski definition) is 3. The number of aryl methyl sites for hydroxylation is 1. The van der Waals surface area contributed by atoms with Crippen molar-refractivity contribution in [2.75, 3.05) is 6.61 Å². The van der Waals surface area contributed by atoms with Gasteiger partial charge in [0.25, 0.3) is 5.91 Å². The topological polar surface area (TPSA) is 131 Å². The van der Waals surface area contributed by atoms with Crippen LogP contribution in [0.1, 0.15) is 73.0 Å². The number of rotatable bonds is 17. The van der Waals surface area contributed by atoms with Crippen molar-refractivity contribution in [3.8, 4) is 28.3 Å². The zero-order valence-corrected chi connectivity index (χ0v) is 27.4. The lowest BCUT2D eigenvalue weighted by molar-refractivity contribution is -0.141. The van der Waals surface area contributed by atoms with E-state index < -0.39 is 24.0 Å². The number of aliphatic carboxylic acids is 1. The molecule has 0 saturated heterocycles. The van der Waals surface area contributed by atoms with Crippen LogP contribution < -0.4 is 15.4 Å². The summed E-state index contributed by atoms with van der Waals surface area (Å²) in [5.41, 5.74) is 3.47. The van der Waals surface area contributed by atoms with Crippen LogP contribution in [-0.2, 0) is 22.4 Å². The first-order valence-electron chi connectivity index (χ1n) is 15.8. The zero-order valence-electron chi connectivity index (χ0n) is 26.6.